The predicted octanol–water partition coefficient (Wildman–Crippen LogP) is 0.493. The molecule has 1 aromatic rings. The van der Waals surface area contributed by atoms with Crippen molar-refractivity contribution >= 4 is 21.6 Å². The van der Waals surface area contributed by atoms with Crippen LogP contribution in [0.3, 0.4) is 0 Å². The lowest BCUT2D eigenvalue weighted by Crippen LogP contribution is -2.32. The number of ether oxygens (including phenoxy) is 1. The monoisotopic (exact) mass is 315 g/mol. The lowest BCUT2D eigenvalue weighted by molar-refractivity contribution is -0.114. The molecule has 118 valence electrons. The molecule has 2 N–H and O–H groups in total. The molecule has 1 aromatic carbocycles. The summed E-state index contributed by atoms with van der Waals surface area (Å²) in [6.07, 6.45) is 0. The predicted molar refractivity (Wildman–Crippen MR) is 81.0 cm³/mol. The van der Waals surface area contributed by atoms with Crippen LogP contribution in [0.15, 0.2) is 23.1 Å². The maximum atomic E-state index is 12.4. The zero-order valence-corrected chi connectivity index (χ0v) is 13.5. The summed E-state index contributed by atoms with van der Waals surface area (Å²) in [5, 5.41) is 5.45. The lowest BCUT2D eigenvalue weighted by Gasteiger charge is -2.18. The number of hydrogen-bond donors (Lipinski definition) is 2. The SMILES string of the molecule is CNCCN(C)S(=O)(=O)c1ccc(OC)c(NC(C)=O)c1. The maximum absolute atomic E-state index is 12.4. The Balaban J connectivity index is 3.15. The lowest BCUT2D eigenvalue weighted by atomic mass is 10.3. The number of benzene rings is 1. The van der Waals surface area contributed by atoms with Crippen LogP contribution < -0.4 is 15.4 Å². The topological polar surface area (TPSA) is 87.7 Å². The fraction of sp³-hybridized carbons (Fsp3) is 0.462. The van der Waals surface area contributed by atoms with Crippen LogP contribution in [0.5, 0.6) is 5.75 Å². The van der Waals surface area contributed by atoms with Gasteiger partial charge in [-0.1, -0.05) is 0 Å². The summed E-state index contributed by atoms with van der Waals surface area (Å²) >= 11 is 0. The molecule has 0 aliphatic heterocycles. The summed E-state index contributed by atoms with van der Waals surface area (Å²) in [6.45, 7) is 2.24. The van der Waals surface area contributed by atoms with Gasteiger partial charge in [-0.2, -0.15) is 4.31 Å². The third-order valence-electron chi connectivity index (χ3n) is 2.87. The number of carbonyl (C=O) groups is 1. The van der Waals surface area contributed by atoms with Gasteiger partial charge in [0.1, 0.15) is 5.75 Å². The number of nitrogens with zero attached hydrogens (tertiary/aromatic N) is 1. The number of nitrogens with one attached hydrogen (secondary N) is 2. The third kappa shape index (κ3) is 4.42. The smallest absolute Gasteiger partial charge is 0.242 e. The summed E-state index contributed by atoms with van der Waals surface area (Å²) in [4.78, 5) is 11.3. The number of methoxy groups -OCH3 is 1. The van der Waals surface area contributed by atoms with Crippen LogP contribution in [0.4, 0.5) is 5.69 Å². The van der Waals surface area contributed by atoms with E-state index >= 15 is 0 Å². The van der Waals surface area contributed by atoms with E-state index in [-0.39, 0.29) is 10.8 Å². The van der Waals surface area contributed by atoms with Gasteiger partial charge >= 0.3 is 0 Å². The molecule has 0 aliphatic rings. The van der Waals surface area contributed by atoms with Crippen LogP contribution in [0.2, 0.25) is 0 Å². The van der Waals surface area contributed by atoms with Crippen molar-refractivity contribution in [1.82, 2.24) is 9.62 Å². The van der Waals surface area contributed by atoms with Crippen molar-refractivity contribution in [2.45, 2.75) is 11.8 Å². The molecule has 21 heavy (non-hydrogen) atoms. The minimum atomic E-state index is -3.61. The number of anilines is 1. The maximum Gasteiger partial charge on any atom is 0.242 e. The molecule has 1 amide bonds. The minimum Gasteiger partial charge on any atom is -0.495 e. The summed E-state index contributed by atoms with van der Waals surface area (Å²) < 4.78 is 31.2. The van der Waals surface area contributed by atoms with E-state index in [0.717, 1.165) is 0 Å². The van der Waals surface area contributed by atoms with Crippen LogP contribution in [-0.4, -0.2) is 52.9 Å². The first-order chi connectivity index (χ1) is 9.82. The highest BCUT2D eigenvalue weighted by molar-refractivity contribution is 7.89. The molecule has 0 fully saturated rings. The van der Waals surface area contributed by atoms with E-state index in [1.807, 2.05) is 0 Å². The summed E-state index contributed by atoms with van der Waals surface area (Å²) in [6, 6.07) is 4.37. The van der Waals surface area contributed by atoms with Gasteiger partial charge in [0.05, 0.1) is 17.7 Å². The van der Waals surface area contributed by atoms with E-state index in [1.54, 1.807) is 7.05 Å². The molecule has 0 unspecified atom stereocenters. The summed E-state index contributed by atoms with van der Waals surface area (Å²) in [5.41, 5.74) is 0.327. The number of likely N-dealkylation sites (N-methyl/N-ethyl adjacent to an activating group) is 2. The Bertz CT molecular complexity index is 601. The van der Waals surface area contributed by atoms with Crippen molar-refractivity contribution in [2.75, 3.05) is 39.6 Å². The average molecular weight is 315 g/mol. The van der Waals surface area contributed by atoms with E-state index < -0.39 is 10.0 Å². The molecule has 0 radical (unpaired) electrons. The molecule has 1 rings (SSSR count). The van der Waals surface area contributed by atoms with Gasteiger partial charge in [0.15, 0.2) is 0 Å². The molecule has 0 saturated heterocycles. The van der Waals surface area contributed by atoms with Crippen LogP contribution in [0, 0.1) is 0 Å². The van der Waals surface area contributed by atoms with Crippen molar-refractivity contribution in [3.63, 3.8) is 0 Å². The number of rotatable bonds is 7. The first-order valence-corrected chi connectivity index (χ1v) is 7.83. The van der Waals surface area contributed by atoms with Gasteiger partial charge < -0.3 is 15.4 Å². The van der Waals surface area contributed by atoms with Gasteiger partial charge in [-0.25, -0.2) is 8.42 Å². The molecular weight excluding hydrogens is 294 g/mol. The number of hydrogen-bond acceptors (Lipinski definition) is 5. The zero-order chi connectivity index (χ0) is 16.0. The number of sulfonamides is 1. The van der Waals surface area contributed by atoms with Crippen molar-refractivity contribution < 1.29 is 17.9 Å². The van der Waals surface area contributed by atoms with Crippen molar-refractivity contribution in [3.05, 3.63) is 18.2 Å². The molecule has 0 bridgehead atoms. The van der Waals surface area contributed by atoms with Gasteiger partial charge in [0.25, 0.3) is 0 Å². The van der Waals surface area contributed by atoms with E-state index in [1.165, 1.54) is 43.6 Å². The van der Waals surface area contributed by atoms with Gasteiger partial charge in [-0.05, 0) is 25.2 Å². The van der Waals surface area contributed by atoms with Gasteiger partial charge in [-0.15, -0.1) is 0 Å². The van der Waals surface area contributed by atoms with E-state index in [4.69, 9.17) is 4.74 Å². The summed E-state index contributed by atoms with van der Waals surface area (Å²) in [5.74, 6) is 0.105. The highest BCUT2D eigenvalue weighted by Crippen LogP contribution is 2.28. The quantitative estimate of drug-likeness (QED) is 0.765. The minimum absolute atomic E-state index is 0.102. The molecular formula is C13H21N3O4S. The summed E-state index contributed by atoms with van der Waals surface area (Å²) in [7, 11) is 1.11. The van der Waals surface area contributed by atoms with Crippen LogP contribution >= 0.6 is 0 Å². The van der Waals surface area contributed by atoms with E-state index in [2.05, 4.69) is 10.6 Å². The molecule has 0 atom stereocenters. The van der Waals surface area contributed by atoms with Crippen LogP contribution in [0.1, 0.15) is 6.92 Å². The molecule has 0 aromatic heterocycles. The van der Waals surface area contributed by atoms with Gasteiger partial charge in [0.2, 0.25) is 15.9 Å². The average Bonchev–Trinajstić information content (AvgIpc) is 2.43. The Morgan fingerprint density at radius 3 is 2.57 bits per heavy atom. The largest absolute Gasteiger partial charge is 0.495 e. The Hall–Kier alpha value is -1.64. The van der Waals surface area contributed by atoms with E-state index in [0.29, 0.717) is 24.5 Å². The second-order valence-corrected chi connectivity index (χ2v) is 6.52. The highest BCUT2D eigenvalue weighted by Gasteiger charge is 2.21. The van der Waals surface area contributed by atoms with Crippen molar-refractivity contribution in [1.29, 1.82) is 0 Å². The first kappa shape index (κ1) is 17.4. The number of carbonyl (C=O) groups excluding carboxylic acids is 1. The molecule has 8 heteroatoms. The van der Waals surface area contributed by atoms with E-state index in [9.17, 15) is 13.2 Å². The van der Waals surface area contributed by atoms with Crippen LogP contribution in [0.25, 0.3) is 0 Å². The molecule has 0 saturated carbocycles. The molecule has 7 nitrogen and oxygen atoms in total. The third-order valence-corrected chi connectivity index (χ3v) is 4.72. The Labute approximate surface area is 125 Å². The highest BCUT2D eigenvalue weighted by atomic mass is 32.2. The Morgan fingerprint density at radius 1 is 1.38 bits per heavy atom. The number of amides is 1. The van der Waals surface area contributed by atoms with Gasteiger partial charge in [0, 0.05) is 27.1 Å². The Kier molecular flexibility index (Phi) is 6.13. The fourth-order valence-electron chi connectivity index (χ4n) is 1.70. The first-order valence-electron chi connectivity index (χ1n) is 6.39. The normalized spacial score (nSPS) is 11.5. The molecule has 0 aliphatic carbocycles. The second kappa shape index (κ2) is 7.39. The molecule has 0 spiro atoms. The van der Waals surface area contributed by atoms with Crippen molar-refractivity contribution in [3.8, 4) is 5.75 Å². The van der Waals surface area contributed by atoms with Gasteiger partial charge in [-0.3, -0.25) is 4.79 Å². The standard InChI is InChI=1S/C13H21N3O4S/c1-10(17)15-12-9-11(5-6-13(12)20-4)21(18,19)16(3)8-7-14-2/h5-6,9,14H,7-8H2,1-4H3,(H,15,17). The Morgan fingerprint density at radius 2 is 2.05 bits per heavy atom. The zero-order valence-electron chi connectivity index (χ0n) is 12.6. The van der Waals surface area contributed by atoms with Crippen LogP contribution in [-0.2, 0) is 14.8 Å². The van der Waals surface area contributed by atoms with Crippen molar-refractivity contribution in [2.24, 2.45) is 0 Å². The molecule has 0 heterocycles. The second-order valence-electron chi connectivity index (χ2n) is 4.47. The fourth-order valence-corrected chi connectivity index (χ4v) is 2.90.